The maximum absolute atomic E-state index is 12.4. The lowest BCUT2D eigenvalue weighted by atomic mass is 10.1. The third-order valence-electron chi connectivity index (χ3n) is 6.21. The van der Waals surface area contributed by atoms with Crippen molar-refractivity contribution < 1.29 is 19.4 Å². The number of aromatic amines is 1. The van der Waals surface area contributed by atoms with E-state index in [1.54, 1.807) is 13.3 Å². The lowest BCUT2D eigenvalue weighted by molar-refractivity contribution is -0.122. The molecule has 34 heavy (non-hydrogen) atoms. The highest BCUT2D eigenvalue weighted by molar-refractivity contribution is 5.78. The molecule has 2 aromatic heterocycles. The van der Waals surface area contributed by atoms with Crippen molar-refractivity contribution in [1.29, 1.82) is 0 Å². The smallest absolute Gasteiger partial charge is 0.330 e. The second-order valence-electron chi connectivity index (χ2n) is 8.60. The topological polar surface area (TPSA) is 128 Å². The summed E-state index contributed by atoms with van der Waals surface area (Å²) in [5, 5.41) is 10.7. The third kappa shape index (κ3) is 5.03. The van der Waals surface area contributed by atoms with Gasteiger partial charge in [0, 0.05) is 31.1 Å². The van der Waals surface area contributed by atoms with Gasteiger partial charge in [0.1, 0.15) is 18.0 Å². The first kappa shape index (κ1) is 24.1. The van der Waals surface area contributed by atoms with Gasteiger partial charge in [-0.3, -0.25) is 19.1 Å². The molecular formula is C24H30N4O6. The van der Waals surface area contributed by atoms with Crippen molar-refractivity contribution in [2.75, 3.05) is 6.61 Å². The van der Waals surface area contributed by atoms with Crippen LogP contribution in [0.25, 0.3) is 11.0 Å². The molecule has 0 saturated carbocycles. The summed E-state index contributed by atoms with van der Waals surface area (Å²) in [5.41, 5.74) is 1.20. The van der Waals surface area contributed by atoms with Crippen LogP contribution in [0, 0.1) is 6.92 Å². The molecule has 2 N–H and O–H groups in total. The summed E-state index contributed by atoms with van der Waals surface area (Å²) in [6.07, 6.45) is 1.77. The molecule has 10 nitrogen and oxygen atoms in total. The number of aryl methyl sites for hydroxylation is 2. The van der Waals surface area contributed by atoms with Gasteiger partial charge in [-0.1, -0.05) is 19.1 Å². The van der Waals surface area contributed by atoms with Crippen molar-refractivity contribution in [1.82, 2.24) is 19.1 Å². The van der Waals surface area contributed by atoms with Gasteiger partial charge in [0.05, 0.1) is 30.1 Å². The number of imidazole rings is 1. The summed E-state index contributed by atoms with van der Waals surface area (Å²) in [7, 11) is 0. The van der Waals surface area contributed by atoms with Crippen molar-refractivity contribution in [3.8, 4) is 0 Å². The van der Waals surface area contributed by atoms with Crippen molar-refractivity contribution >= 4 is 16.8 Å². The normalized spacial score (nSPS) is 22.4. The number of aliphatic hydroxyl groups is 1. The molecule has 4 atom stereocenters. The number of H-pyrrole nitrogens is 1. The summed E-state index contributed by atoms with van der Waals surface area (Å²) in [4.78, 5) is 43.1. The Balaban J connectivity index is 1.32. The predicted octanol–water partition coefficient (Wildman–Crippen LogP) is 1.69. The Morgan fingerprint density at radius 3 is 2.85 bits per heavy atom. The number of ketones is 1. The number of carbonyl (C=O) groups is 1. The van der Waals surface area contributed by atoms with Gasteiger partial charge >= 0.3 is 5.69 Å². The molecule has 0 bridgehead atoms. The maximum atomic E-state index is 12.4. The van der Waals surface area contributed by atoms with E-state index in [0.717, 1.165) is 11.0 Å². The molecule has 182 valence electrons. The quantitative estimate of drug-likeness (QED) is 0.461. The van der Waals surface area contributed by atoms with Crippen LogP contribution in [0.15, 0.2) is 46.4 Å². The number of fused-ring (bicyclic) bond motifs is 1. The fourth-order valence-electron chi connectivity index (χ4n) is 4.30. The molecule has 1 aliphatic heterocycles. The summed E-state index contributed by atoms with van der Waals surface area (Å²) in [6, 6.07) is 7.86. The highest BCUT2D eigenvalue weighted by Gasteiger charge is 2.45. The highest BCUT2D eigenvalue weighted by Crippen LogP contribution is 2.32. The fourth-order valence-corrected chi connectivity index (χ4v) is 4.30. The largest absolute Gasteiger partial charge is 0.388 e. The van der Waals surface area contributed by atoms with Crippen LogP contribution in [0.5, 0.6) is 0 Å². The molecule has 1 aromatic carbocycles. The highest BCUT2D eigenvalue weighted by atomic mass is 16.6. The van der Waals surface area contributed by atoms with Gasteiger partial charge in [-0.05, 0) is 31.9 Å². The Morgan fingerprint density at radius 2 is 2.06 bits per heavy atom. The zero-order chi connectivity index (χ0) is 24.2. The van der Waals surface area contributed by atoms with E-state index in [-0.39, 0.29) is 18.8 Å². The minimum Gasteiger partial charge on any atom is -0.388 e. The lowest BCUT2D eigenvalue weighted by Crippen LogP contribution is -2.40. The monoisotopic (exact) mass is 470 g/mol. The number of nitrogens with zero attached hydrogens (tertiary/aromatic N) is 3. The number of nitrogens with one attached hydrogen (secondary N) is 1. The number of para-hydroxylation sites is 2. The zero-order valence-electron chi connectivity index (χ0n) is 19.3. The van der Waals surface area contributed by atoms with Crippen LogP contribution in [0.3, 0.4) is 0 Å². The van der Waals surface area contributed by atoms with Crippen molar-refractivity contribution in [3.05, 3.63) is 63.2 Å². The number of aliphatic hydroxyl groups excluding tert-OH is 1. The first-order valence-corrected chi connectivity index (χ1v) is 11.6. The number of hydrogen-bond acceptors (Lipinski definition) is 7. The number of hydrogen-bond donors (Lipinski definition) is 2. The molecule has 10 heteroatoms. The van der Waals surface area contributed by atoms with E-state index in [4.69, 9.17) is 9.47 Å². The Labute approximate surface area is 196 Å². The Kier molecular flexibility index (Phi) is 7.40. The molecule has 0 spiro atoms. The average Bonchev–Trinajstić information content (AvgIpc) is 3.37. The molecule has 0 aliphatic carbocycles. The van der Waals surface area contributed by atoms with E-state index in [1.165, 1.54) is 10.8 Å². The van der Waals surface area contributed by atoms with Crippen LogP contribution in [0.2, 0.25) is 0 Å². The maximum Gasteiger partial charge on any atom is 0.330 e. The molecule has 1 aliphatic rings. The average molecular weight is 471 g/mol. The standard InChI is InChI=1S/C24H30N4O6/c1-3-19-20(30)21(23(34-19)28-13-15(2)22(31)26-24(28)32)33-12-10-16(29)7-6-11-27-14-25-17-8-4-5-9-18(17)27/h4-5,8-9,13-14,19-21,23,30H,3,6-7,10-12H2,1-2H3,(H,26,31,32)/t19-,20?,21+,23-/m1/s1. The van der Waals surface area contributed by atoms with E-state index in [2.05, 4.69) is 9.97 Å². The van der Waals surface area contributed by atoms with Gasteiger partial charge in [0.2, 0.25) is 0 Å². The van der Waals surface area contributed by atoms with E-state index in [0.29, 0.717) is 31.4 Å². The first-order valence-electron chi connectivity index (χ1n) is 11.6. The summed E-state index contributed by atoms with van der Waals surface area (Å²) in [6.45, 7) is 4.23. The van der Waals surface area contributed by atoms with Crippen LogP contribution in [0.4, 0.5) is 0 Å². The number of ether oxygens (including phenoxy) is 2. The van der Waals surface area contributed by atoms with E-state index >= 15 is 0 Å². The molecule has 0 radical (unpaired) electrons. The van der Waals surface area contributed by atoms with Gasteiger partial charge in [-0.2, -0.15) is 0 Å². The Morgan fingerprint density at radius 1 is 1.26 bits per heavy atom. The number of rotatable bonds is 10. The molecule has 0 amide bonds. The fraction of sp³-hybridized carbons (Fsp3) is 0.500. The van der Waals surface area contributed by atoms with Crippen molar-refractivity contribution in [3.63, 3.8) is 0 Å². The van der Waals surface area contributed by atoms with Crippen LogP contribution in [-0.4, -0.2) is 54.9 Å². The van der Waals surface area contributed by atoms with Gasteiger partial charge in [-0.25, -0.2) is 9.78 Å². The van der Waals surface area contributed by atoms with Gasteiger partial charge < -0.3 is 19.1 Å². The van der Waals surface area contributed by atoms with Crippen LogP contribution in [0.1, 0.15) is 44.4 Å². The number of carbonyl (C=O) groups excluding carboxylic acids is 1. The van der Waals surface area contributed by atoms with E-state index < -0.39 is 35.8 Å². The molecule has 3 aromatic rings. The Bertz CT molecular complexity index is 1260. The summed E-state index contributed by atoms with van der Waals surface area (Å²) < 4.78 is 15.0. The third-order valence-corrected chi connectivity index (χ3v) is 6.21. The summed E-state index contributed by atoms with van der Waals surface area (Å²) in [5.74, 6) is 0.0541. The lowest BCUT2D eigenvalue weighted by Gasteiger charge is -2.22. The minimum atomic E-state index is -0.959. The molecule has 1 saturated heterocycles. The van der Waals surface area contributed by atoms with Crippen molar-refractivity contribution in [2.24, 2.45) is 0 Å². The van der Waals surface area contributed by atoms with Gasteiger partial charge in [-0.15, -0.1) is 0 Å². The minimum absolute atomic E-state index is 0.0541. The molecule has 4 rings (SSSR count). The Hall–Kier alpha value is -3.08. The molecule has 1 unspecified atom stereocenters. The molecular weight excluding hydrogens is 440 g/mol. The second-order valence-corrected chi connectivity index (χ2v) is 8.60. The molecule has 1 fully saturated rings. The number of aromatic nitrogens is 4. The van der Waals surface area contributed by atoms with Crippen LogP contribution in [-0.2, 0) is 20.8 Å². The van der Waals surface area contributed by atoms with Gasteiger partial charge in [0.15, 0.2) is 6.23 Å². The summed E-state index contributed by atoms with van der Waals surface area (Å²) >= 11 is 0. The van der Waals surface area contributed by atoms with Gasteiger partial charge in [0.25, 0.3) is 5.56 Å². The van der Waals surface area contributed by atoms with Crippen LogP contribution < -0.4 is 11.2 Å². The SMILES string of the molecule is CC[C@H]1O[C@@H](n2cc(C)c(=O)[nH]c2=O)[C@@H](OCCC(=O)CCCn2cnc3ccccc32)C1O. The van der Waals surface area contributed by atoms with E-state index in [1.807, 2.05) is 35.8 Å². The predicted molar refractivity (Wildman–Crippen MR) is 125 cm³/mol. The first-order chi connectivity index (χ1) is 16.4. The second kappa shape index (κ2) is 10.5. The van der Waals surface area contributed by atoms with E-state index in [9.17, 15) is 19.5 Å². The van der Waals surface area contributed by atoms with Crippen molar-refractivity contribution in [2.45, 2.75) is 70.6 Å². The van der Waals surface area contributed by atoms with Crippen LogP contribution >= 0.6 is 0 Å². The number of Topliss-reactive ketones (excluding diaryl/α,β-unsaturated/α-hetero) is 1. The zero-order valence-corrected chi connectivity index (χ0v) is 19.3. The molecule has 3 heterocycles. The number of benzene rings is 1.